The molecule has 2 aromatic carbocycles. The number of ether oxygens (including phenoxy) is 1. The van der Waals surface area contributed by atoms with Crippen LogP contribution < -0.4 is 24.8 Å². The Hall–Kier alpha value is -0.410. The van der Waals surface area contributed by atoms with E-state index < -0.39 is 8.32 Å². The molecular weight excluding hydrogens is 450 g/mol. The maximum absolute atomic E-state index is 5.84. The molecule has 0 heterocycles. The minimum absolute atomic E-state index is 0. The van der Waals surface area contributed by atoms with Crippen LogP contribution >= 0.6 is 0 Å². The van der Waals surface area contributed by atoms with Gasteiger partial charge in [0.25, 0.3) is 0 Å². The monoisotopic (exact) mass is 472 g/mol. The zero-order chi connectivity index (χ0) is 16.0. The van der Waals surface area contributed by atoms with Crippen LogP contribution in [-0.4, -0.2) is 14.9 Å². The second kappa shape index (κ2) is 12.9. The van der Waals surface area contributed by atoms with Gasteiger partial charge in [0.2, 0.25) is 8.32 Å². The van der Waals surface area contributed by atoms with Gasteiger partial charge in [-0.25, -0.2) is 6.08 Å². The van der Waals surface area contributed by atoms with Crippen LogP contribution in [0.5, 0.6) is 0 Å². The molecule has 0 aromatic heterocycles. The minimum Gasteiger partial charge on any atom is -1.00 e. The van der Waals surface area contributed by atoms with E-state index in [2.05, 4.69) is 68.2 Å². The van der Waals surface area contributed by atoms with E-state index in [1.165, 1.54) is 10.8 Å². The van der Waals surface area contributed by atoms with Gasteiger partial charge in [0, 0.05) is 0 Å². The summed E-state index contributed by atoms with van der Waals surface area (Å²) in [6.45, 7) is 9.13. The van der Waals surface area contributed by atoms with Gasteiger partial charge >= 0.3 is 26.2 Å². The van der Waals surface area contributed by atoms with E-state index >= 15 is 0 Å². The van der Waals surface area contributed by atoms with Crippen molar-refractivity contribution in [1.82, 2.24) is 0 Å². The molecular formula is C19H24Cl2O2SiZr. The van der Waals surface area contributed by atoms with Crippen LogP contribution in [-0.2, 0) is 35.4 Å². The maximum Gasteiger partial charge on any atom is 4.00 e. The van der Waals surface area contributed by atoms with Crippen LogP contribution in [0.25, 0.3) is 10.8 Å². The van der Waals surface area contributed by atoms with Crippen LogP contribution in [0.3, 0.4) is 0 Å². The third-order valence-electron chi connectivity index (χ3n) is 3.03. The normalized spacial score (nSPS) is 12.3. The van der Waals surface area contributed by atoms with Crippen molar-refractivity contribution in [3.05, 3.63) is 66.1 Å². The van der Waals surface area contributed by atoms with Crippen molar-refractivity contribution in [2.24, 2.45) is 0 Å². The molecule has 134 valence electrons. The molecule has 0 atom stereocenters. The van der Waals surface area contributed by atoms with E-state index in [4.69, 9.17) is 9.16 Å². The first-order valence-corrected chi connectivity index (χ1v) is 11.1. The summed E-state index contributed by atoms with van der Waals surface area (Å²) < 4.78 is 11.2. The quantitative estimate of drug-likeness (QED) is 0.436. The summed E-state index contributed by atoms with van der Waals surface area (Å²) in [4.78, 5) is 0. The van der Waals surface area contributed by atoms with Crippen LogP contribution in [0.15, 0.2) is 60.1 Å². The number of allylic oxidation sites excluding steroid dienone is 2. The number of rotatable bonds is 4. The van der Waals surface area contributed by atoms with Crippen molar-refractivity contribution in [3.63, 3.8) is 0 Å². The summed E-state index contributed by atoms with van der Waals surface area (Å²) in [5.74, 6) is 1.69. The number of hydrogen-bond acceptors (Lipinski definition) is 2. The Bertz CT molecular complexity index is 645. The van der Waals surface area contributed by atoms with Crippen LogP contribution in [0, 0.1) is 6.08 Å². The molecule has 0 saturated heterocycles. The van der Waals surface area contributed by atoms with Crippen LogP contribution in [0.2, 0.25) is 19.6 Å². The minimum atomic E-state index is -1.50. The maximum atomic E-state index is 5.84. The van der Waals surface area contributed by atoms with Gasteiger partial charge in [0.15, 0.2) is 0 Å². The van der Waals surface area contributed by atoms with Gasteiger partial charge in [-0.2, -0.15) is 17.5 Å². The van der Waals surface area contributed by atoms with Crippen molar-refractivity contribution in [2.75, 3.05) is 6.61 Å². The van der Waals surface area contributed by atoms with Gasteiger partial charge in [0.05, 0.1) is 6.61 Å². The third-order valence-corrected chi connectivity index (χ3v) is 3.86. The average Bonchev–Trinajstić information content (AvgIpc) is 3.08. The van der Waals surface area contributed by atoms with E-state index in [-0.39, 0.29) is 51.0 Å². The molecule has 0 spiro atoms. The number of halogens is 2. The smallest absolute Gasteiger partial charge is 1.00 e. The van der Waals surface area contributed by atoms with Crippen molar-refractivity contribution >= 4 is 19.1 Å². The standard InChI is InChI=1S/C10H17O2Si.C9H7.2ClH.Zr/c1-5-11-9-7-6-8-10(9)12-13(2,3)4;1-2-5-9-7-3-6-8(9)4-1;;;/h8H,5-6H2,1-4H3;1-7H;2*1H;/q2*-1;;;+4/p-2. The summed E-state index contributed by atoms with van der Waals surface area (Å²) >= 11 is 0. The topological polar surface area (TPSA) is 18.5 Å². The predicted octanol–water partition coefficient (Wildman–Crippen LogP) is -0.587. The molecule has 0 saturated carbocycles. The molecule has 1 aliphatic carbocycles. The summed E-state index contributed by atoms with van der Waals surface area (Å²) in [6, 6.07) is 14.7. The van der Waals surface area contributed by atoms with Gasteiger partial charge < -0.3 is 34.0 Å². The Balaban J connectivity index is 0. The van der Waals surface area contributed by atoms with Crippen molar-refractivity contribution < 1.29 is 60.2 Å². The molecule has 0 bridgehead atoms. The Morgan fingerprint density at radius 1 is 1.12 bits per heavy atom. The van der Waals surface area contributed by atoms with Crippen LogP contribution in [0.4, 0.5) is 0 Å². The molecule has 0 unspecified atom stereocenters. The number of benzene rings is 1. The Morgan fingerprint density at radius 2 is 1.80 bits per heavy atom. The van der Waals surface area contributed by atoms with E-state index in [0.29, 0.717) is 6.61 Å². The van der Waals surface area contributed by atoms with E-state index in [9.17, 15) is 0 Å². The van der Waals surface area contributed by atoms with Gasteiger partial charge in [-0.05, 0) is 38.1 Å². The molecule has 0 aliphatic heterocycles. The molecule has 0 fully saturated rings. The fraction of sp³-hybridized carbons (Fsp3) is 0.316. The molecule has 0 radical (unpaired) electrons. The number of fused-ring (bicyclic) bond motifs is 1. The predicted molar refractivity (Wildman–Crippen MR) is 95.1 cm³/mol. The Morgan fingerprint density at radius 3 is 2.40 bits per heavy atom. The van der Waals surface area contributed by atoms with Gasteiger partial charge in [-0.1, -0.05) is 6.07 Å². The van der Waals surface area contributed by atoms with E-state index in [0.717, 1.165) is 17.9 Å². The molecule has 2 aromatic rings. The summed E-state index contributed by atoms with van der Waals surface area (Å²) in [6.07, 6.45) is 5.97. The summed E-state index contributed by atoms with van der Waals surface area (Å²) in [5, 5.41) is 2.66. The third kappa shape index (κ3) is 9.19. The van der Waals surface area contributed by atoms with Crippen molar-refractivity contribution in [1.29, 1.82) is 0 Å². The summed E-state index contributed by atoms with van der Waals surface area (Å²) in [5.41, 5.74) is 0. The average molecular weight is 475 g/mol. The van der Waals surface area contributed by atoms with Crippen molar-refractivity contribution in [3.8, 4) is 0 Å². The summed E-state index contributed by atoms with van der Waals surface area (Å²) in [7, 11) is -1.50. The fourth-order valence-electron chi connectivity index (χ4n) is 2.17. The molecule has 0 N–H and O–H groups in total. The second-order valence-corrected chi connectivity index (χ2v) is 10.5. The second-order valence-electron chi connectivity index (χ2n) is 6.08. The Labute approximate surface area is 184 Å². The first-order chi connectivity index (χ1) is 10.5. The zero-order valence-corrected chi connectivity index (χ0v) is 20.1. The van der Waals surface area contributed by atoms with Crippen LogP contribution in [0.1, 0.15) is 13.3 Å². The SMILES string of the molecule is CCOC1=[C-]CC=C1O[Si](C)(C)C.[Cl-].[Cl-].[Zr+4].c1ccc2[cH-]ccc2c1. The largest absolute Gasteiger partial charge is 4.00 e. The van der Waals surface area contributed by atoms with E-state index in [1.54, 1.807) is 0 Å². The molecule has 3 rings (SSSR count). The molecule has 0 amide bonds. The molecule has 25 heavy (non-hydrogen) atoms. The van der Waals surface area contributed by atoms with Gasteiger partial charge in [-0.3, -0.25) is 0 Å². The molecule has 2 nitrogen and oxygen atoms in total. The Kier molecular flexibility index (Phi) is 13.8. The first-order valence-electron chi connectivity index (χ1n) is 7.73. The van der Waals surface area contributed by atoms with E-state index in [1.807, 2.05) is 13.0 Å². The molecule has 6 heteroatoms. The molecule has 1 aliphatic rings. The first kappa shape index (κ1) is 26.8. The van der Waals surface area contributed by atoms with Gasteiger partial charge in [-0.15, -0.1) is 42.1 Å². The fourth-order valence-corrected chi connectivity index (χ4v) is 3.01. The van der Waals surface area contributed by atoms with Gasteiger partial charge in [0.1, 0.15) is 0 Å². The number of hydrogen-bond donors (Lipinski definition) is 0. The zero-order valence-electron chi connectivity index (χ0n) is 15.1. The van der Waals surface area contributed by atoms with Crippen molar-refractivity contribution in [2.45, 2.75) is 33.0 Å².